The lowest BCUT2D eigenvalue weighted by atomic mass is 10.1. The van der Waals surface area contributed by atoms with Gasteiger partial charge < -0.3 is 14.6 Å². The Hall–Kier alpha value is -3.22. The molecule has 7 heteroatoms. The second-order valence-corrected chi connectivity index (χ2v) is 6.08. The Morgan fingerprint density at radius 2 is 2.04 bits per heavy atom. The number of amides is 1. The van der Waals surface area contributed by atoms with Gasteiger partial charge in [-0.1, -0.05) is 29.4 Å². The number of aromatic nitrogens is 2. The number of methoxy groups -OCH3 is 1. The SMILES string of the molecule is COc1cccc(-c2noc(CCC(=O)N[C@@H](C)c3ccc(F)cc3)n2)c1. The molecule has 3 aromatic rings. The van der Waals surface area contributed by atoms with Crippen LogP contribution in [0, 0.1) is 5.82 Å². The Bertz CT molecular complexity index is 909. The fourth-order valence-corrected chi connectivity index (χ4v) is 2.60. The molecule has 0 radical (unpaired) electrons. The van der Waals surface area contributed by atoms with Gasteiger partial charge in [0, 0.05) is 18.4 Å². The number of nitrogens with zero attached hydrogens (tertiary/aromatic N) is 2. The molecule has 0 aliphatic rings. The zero-order valence-corrected chi connectivity index (χ0v) is 15.1. The van der Waals surface area contributed by atoms with E-state index in [1.54, 1.807) is 19.2 Å². The summed E-state index contributed by atoms with van der Waals surface area (Å²) in [4.78, 5) is 16.5. The average molecular weight is 369 g/mol. The first kappa shape index (κ1) is 18.6. The first-order valence-corrected chi connectivity index (χ1v) is 8.57. The zero-order chi connectivity index (χ0) is 19.2. The van der Waals surface area contributed by atoms with Crippen LogP contribution in [0.1, 0.15) is 30.8 Å². The van der Waals surface area contributed by atoms with Crippen molar-refractivity contribution in [3.8, 4) is 17.1 Å². The first-order chi connectivity index (χ1) is 13.0. The molecule has 140 valence electrons. The lowest BCUT2D eigenvalue weighted by molar-refractivity contribution is -0.121. The highest BCUT2D eigenvalue weighted by atomic mass is 19.1. The molecule has 0 fully saturated rings. The van der Waals surface area contributed by atoms with Crippen molar-refractivity contribution in [3.05, 3.63) is 65.8 Å². The molecule has 1 N–H and O–H groups in total. The van der Waals surface area contributed by atoms with E-state index >= 15 is 0 Å². The van der Waals surface area contributed by atoms with E-state index in [1.807, 2.05) is 31.2 Å². The van der Waals surface area contributed by atoms with Crippen molar-refractivity contribution in [2.45, 2.75) is 25.8 Å². The fraction of sp³-hybridized carbons (Fsp3) is 0.250. The standard InChI is InChI=1S/C20H20FN3O3/c1-13(14-6-8-16(21)9-7-14)22-18(25)10-11-19-23-20(24-27-19)15-4-3-5-17(12-15)26-2/h3-9,12-13H,10-11H2,1-2H3,(H,22,25)/t13-/m0/s1. The third kappa shape index (κ3) is 4.91. The maximum absolute atomic E-state index is 13.0. The van der Waals surface area contributed by atoms with Crippen molar-refractivity contribution < 1.29 is 18.4 Å². The fourth-order valence-electron chi connectivity index (χ4n) is 2.60. The molecule has 1 atom stereocenters. The van der Waals surface area contributed by atoms with Gasteiger partial charge in [-0.3, -0.25) is 4.79 Å². The van der Waals surface area contributed by atoms with Gasteiger partial charge in [-0.05, 0) is 36.8 Å². The molecule has 0 unspecified atom stereocenters. The van der Waals surface area contributed by atoms with Crippen LogP contribution in [-0.2, 0) is 11.2 Å². The predicted octanol–water partition coefficient (Wildman–Crippen LogP) is 3.69. The number of carbonyl (C=O) groups is 1. The summed E-state index contributed by atoms with van der Waals surface area (Å²) >= 11 is 0. The van der Waals surface area contributed by atoms with Gasteiger partial charge in [0.1, 0.15) is 11.6 Å². The molecular weight excluding hydrogens is 349 g/mol. The highest BCUT2D eigenvalue weighted by Gasteiger charge is 2.13. The van der Waals surface area contributed by atoms with Gasteiger partial charge >= 0.3 is 0 Å². The predicted molar refractivity (Wildman–Crippen MR) is 97.6 cm³/mol. The van der Waals surface area contributed by atoms with E-state index in [0.29, 0.717) is 23.9 Å². The average Bonchev–Trinajstić information content (AvgIpc) is 3.16. The number of hydrogen-bond donors (Lipinski definition) is 1. The second-order valence-electron chi connectivity index (χ2n) is 6.08. The van der Waals surface area contributed by atoms with Crippen molar-refractivity contribution in [2.24, 2.45) is 0 Å². The van der Waals surface area contributed by atoms with Gasteiger partial charge in [-0.2, -0.15) is 4.98 Å². The lowest BCUT2D eigenvalue weighted by Crippen LogP contribution is -2.26. The van der Waals surface area contributed by atoms with Gasteiger partial charge in [0.15, 0.2) is 0 Å². The maximum atomic E-state index is 13.0. The molecule has 0 aliphatic carbocycles. The van der Waals surface area contributed by atoms with Crippen molar-refractivity contribution in [1.82, 2.24) is 15.5 Å². The van der Waals surface area contributed by atoms with Crippen molar-refractivity contribution >= 4 is 5.91 Å². The van der Waals surface area contributed by atoms with Gasteiger partial charge in [-0.25, -0.2) is 4.39 Å². The Kier molecular flexibility index (Phi) is 5.80. The van der Waals surface area contributed by atoms with Crippen LogP contribution in [0.5, 0.6) is 5.75 Å². The summed E-state index contributed by atoms with van der Waals surface area (Å²) in [6.07, 6.45) is 0.546. The molecule has 0 aliphatic heterocycles. The highest BCUT2D eigenvalue weighted by Crippen LogP contribution is 2.21. The van der Waals surface area contributed by atoms with Crippen LogP contribution < -0.4 is 10.1 Å². The molecule has 0 saturated carbocycles. The summed E-state index contributed by atoms with van der Waals surface area (Å²) in [5.41, 5.74) is 1.61. The number of hydrogen-bond acceptors (Lipinski definition) is 5. The third-order valence-corrected chi connectivity index (χ3v) is 4.11. The van der Waals surface area contributed by atoms with Crippen LogP contribution in [0.25, 0.3) is 11.4 Å². The number of halogens is 1. The number of benzene rings is 2. The Morgan fingerprint density at radius 3 is 2.78 bits per heavy atom. The van der Waals surface area contributed by atoms with E-state index < -0.39 is 0 Å². The lowest BCUT2D eigenvalue weighted by Gasteiger charge is -2.13. The van der Waals surface area contributed by atoms with Crippen molar-refractivity contribution in [1.29, 1.82) is 0 Å². The minimum atomic E-state index is -0.305. The van der Waals surface area contributed by atoms with E-state index in [0.717, 1.165) is 11.1 Å². The van der Waals surface area contributed by atoms with E-state index in [4.69, 9.17) is 9.26 Å². The van der Waals surface area contributed by atoms with Crippen LogP contribution in [0.2, 0.25) is 0 Å². The van der Waals surface area contributed by atoms with Crippen LogP contribution in [-0.4, -0.2) is 23.2 Å². The normalized spacial score (nSPS) is 11.8. The van der Waals surface area contributed by atoms with Crippen LogP contribution in [0.4, 0.5) is 4.39 Å². The minimum absolute atomic E-state index is 0.145. The van der Waals surface area contributed by atoms with Crippen LogP contribution in [0.15, 0.2) is 53.1 Å². The summed E-state index contributed by atoms with van der Waals surface area (Å²) in [5, 5.41) is 6.82. The first-order valence-electron chi connectivity index (χ1n) is 8.57. The summed E-state index contributed by atoms with van der Waals surface area (Å²) in [7, 11) is 1.59. The second kappa shape index (κ2) is 8.44. The topological polar surface area (TPSA) is 77.2 Å². The van der Waals surface area contributed by atoms with Gasteiger partial charge in [0.05, 0.1) is 13.2 Å². The third-order valence-electron chi connectivity index (χ3n) is 4.11. The maximum Gasteiger partial charge on any atom is 0.227 e. The van der Waals surface area contributed by atoms with Crippen molar-refractivity contribution in [3.63, 3.8) is 0 Å². The molecule has 1 amide bonds. The molecule has 6 nitrogen and oxygen atoms in total. The Morgan fingerprint density at radius 1 is 1.26 bits per heavy atom. The number of nitrogens with one attached hydrogen (secondary N) is 1. The summed E-state index contributed by atoms with van der Waals surface area (Å²) in [6.45, 7) is 1.85. The summed E-state index contributed by atoms with van der Waals surface area (Å²) in [6, 6.07) is 13.2. The van der Waals surface area contributed by atoms with Crippen molar-refractivity contribution in [2.75, 3.05) is 7.11 Å². The highest BCUT2D eigenvalue weighted by molar-refractivity contribution is 5.76. The number of ether oxygens (including phenoxy) is 1. The Balaban J connectivity index is 1.54. The number of rotatable bonds is 7. The smallest absolute Gasteiger partial charge is 0.227 e. The molecule has 3 rings (SSSR count). The van der Waals surface area contributed by atoms with Gasteiger partial charge in [-0.15, -0.1) is 0 Å². The summed E-state index contributed by atoms with van der Waals surface area (Å²) < 4.78 is 23.4. The molecule has 0 saturated heterocycles. The quantitative estimate of drug-likeness (QED) is 0.687. The monoisotopic (exact) mass is 369 g/mol. The molecule has 0 bridgehead atoms. The van der Waals surface area contributed by atoms with E-state index in [-0.39, 0.29) is 24.2 Å². The van der Waals surface area contributed by atoms with E-state index in [9.17, 15) is 9.18 Å². The molecule has 0 spiro atoms. The number of aryl methyl sites for hydroxylation is 1. The molecule has 1 heterocycles. The number of carbonyl (C=O) groups excluding carboxylic acids is 1. The van der Waals surface area contributed by atoms with E-state index in [1.165, 1.54) is 12.1 Å². The largest absolute Gasteiger partial charge is 0.497 e. The molecule has 2 aromatic carbocycles. The van der Waals surface area contributed by atoms with Gasteiger partial charge in [0.2, 0.25) is 17.6 Å². The summed E-state index contributed by atoms with van der Waals surface area (Å²) in [5.74, 6) is 1.09. The molecule has 1 aromatic heterocycles. The Labute approximate surface area is 156 Å². The minimum Gasteiger partial charge on any atom is -0.497 e. The van der Waals surface area contributed by atoms with Crippen LogP contribution >= 0.6 is 0 Å². The van der Waals surface area contributed by atoms with Gasteiger partial charge in [0.25, 0.3) is 0 Å². The van der Waals surface area contributed by atoms with E-state index in [2.05, 4.69) is 15.5 Å². The van der Waals surface area contributed by atoms with Crippen LogP contribution in [0.3, 0.4) is 0 Å². The molecule has 27 heavy (non-hydrogen) atoms. The zero-order valence-electron chi connectivity index (χ0n) is 15.1. The molecular formula is C20H20FN3O3.